The highest BCUT2D eigenvalue weighted by Crippen LogP contribution is 2.27. The van der Waals surface area contributed by atoms with Gasteiger partial charge in [-0.3, -0.25) is 24.0 Å². The Hall–Kier alpha value is -3.77. The van der Waals surface area contributed by atoms with E-state index in [0.29, 0.717) is 0 Å². The molecule has 1 atom stereocenters. The Morgan fingerprint density at radius 3 is 2.27 bits per heavy atom. The Morgan fingerprint density at radius 1 is 1.03 bits per heavy atom. The van der Waals surface area contributed by atoms with E-state index in [4.69, 9.17) is 0 Å². The molecule has 0 fully saturated rings. The number of benzene rings is 3. The number of nitrogens with zero attached hydrogens (tertiary/aromatic N) is 3. The zero-order valence-electron chi connectivity index (χ0n) is 20.1. The number of carbonyl (C=O) groups is 2. The van der Waals surface area contributed by atoms with E-state index in [1.54, 1.807) is 37.3 Å². The predicted octanol–water partition coefficient (Wildman–Crippen LogP) is 3.72. The first-order chi connectivity index (χ1) is 17.5. The number of nitrogens with one attached hydrogen (secondary N) is 1. The Balaban J connectivity index is 2.06. The van der Waals surface area contributed by atoms with Gasteiger partial charge in [-0.05, 0) is 42.8 Å². The molecular formula is C25H25BrN4O6S. The number of sulfonamides is 1. The maximum absolute atomic E-state index is 13.7. The highest BCUT2D eigenvalue weighted by Gasteiger charge is 2.32. The lowest BCUT2D eigenvalue weighted by molar-refractivity contribution is -0.384. The van der Waals surface area contributed by atoms with E-state index in [0.717, 1.165) is 20.4 Å². The van der Waals surface area contributed by atoms with Crippen LogP contribution < -0.4 is 9.62 Å². The van der Waals surface area contributed by atoms with Crippen molar-refractivity contribution >= 4 is 49.1 Å². The second-order valence-corrected chi connectivity index (χ2v) is 10.8. The highest BCUT2D eigenvalue weighted by molar-refractivity contribution is 9.10. The quantitative estimate of drug-likeness (QED) is 0.284. The van der Waals surface area contributed by atoms with Crippen molar-refractivity contribution in [3.63, 3.8) is 0 Å². The lowest BCUT2D eigenvalue weighted by Gasteiger charge is -2.31. The smallest absolute Gasteiger partial charge is 0.271 e. The van der Waals surface area contributed by atoms with Gasteiger partial charge in [0.2, 0.25) is 11.8 Å². The summed E-state index contributed by atoms with van der Waals surface area (Å²) >= 11 is 3.36. The SMILES string of the molecule is CNC(=O)[C@@H](C)N(Cc1ccc(Br)cc1)C(=O)CN(c1cccc([N+](=O)[O-])c1)S(=O)(=O)c1ccccc1. The molecule has 3 aromatic rings. The predicted molar refractivity (Wildman–Crippen MR) is 142 cm³/mol. The van der Waals surface area contributed by atoms with Crippen LogP contribution in [0.15, 0.2) is 88.2 Å². The number of non-ortho nitro benzene ring substituents is 1. The second-order valence-electron chi connectivity index (χ2n) is 8.04. The van der Waals surface area contributed by atoms with Crippen LogP contribution in [0.2, 0.25) is 0 Å². The molecule has 0 radical (unpaired) electrons. The van der Waals surface area contributed by atoms with E-state index in [9.17, 15) is 28.1 Å². The molecule has 0 aliphatic heterocycles. The fourth-order valence-corrected chi connectivity index (χ4v) is 5.28. The molecular weight excluding hydrogens is 564 g/mol. The molecule has 0 spiro atoms. The Morgan fingerprint density at radius 2 is 1.68 bits per heavy atom. The molecule has 0 unspecified atom stereocenters. The van der Waals surface area contributed by atoms with Crippen LogP contribution in [0.3, 0.4) is 0 Å². The van der Waals surface area contributed by atoms with Gasteiger partial charge >= 0.3 is 0 Å². The van der Waals surface area contributed by atoms with Crippen LogP contribution in [-0.4, -0.2) is 49.7 Å². The number of hydrogen-bond donors (Lipinski definition) is 1. The molecule has 194 valence electrons. The van der Waals surface area contributed by atoms with Gasteiger partial charge in [0.15, 0.2) is 0 Å². The molecule has 0 heterocycles. The summed E-state index contributed by atoms with van der Waals surface area (Å²) < 4.78 is 28.9. The van der Waals surface area contributed by atoms with Gasteiger partial charge in [-0.1, -0.05) is 52.3 Å². The van der Waals surface area contributed by atoms with Gasteiger partial charge in [0.1, 0.15) is 12.6 Å². The number of carbonyl (C=O) groups excluding carboxylic acids is 2. The monoisotopic (exact) mass is 588 g/mol. The molecule has 1 N–H and O–H groups in total. The summed E-state index contributed by atoms with van der Waals surface area (Å²) in [6.45, 7) is 0.893. The van der Waals surface area contributed by atoms with E-state index in [1.807, 2.05) is 0 Å². The lowest BCUT2D eigenvalue weighted by Crippen LogP contribution is -2.50. The van der Waals surface area contributed by atoms with Crippen LogP contribution in [0.1, 0.15) is 12.5 Å². The second kappa shape index (κ2) is 12.0. The van der Waals surface area contributed by atoms with E-state index in [2.05, 4.69) is 21.2 Å². The zero-order chi connectivity index (χ0) is 27.2. The first-order valence-corrected chi connectivity index (χ1v) is 13.4. The Labute approximate surface area is 223 Å². The van der Waals surface area contributed by atoms with Gasteiger partial charge in [0.05, 0.1) is 15.5 Å². The third kappa shape index (κ3) is 6.71. The van der Waals surface area contributed by atoms with E-state index in [-0.39, 0.29) is 22.8 Å². The van der Waals surface area contributed by atoms with Gasteiger partial charge in [-0.25, -0.2) is 8.42 Å². The van der Waals surface area contributed by atoms with Crippen LogP contribution in [0.4, 0.5) is 11.4 Å². The van der Waals surface area contributed by atoms with Gasteiger partial charge in [-0.15, -0.1) is 0 Å². The summed E-state index contributed by atoms with van der Waals surface area (Å²) in [6, 6.07) is 18.7. The molecule has 0 aliphatic carbocycles. The normalized spacial score (nSPS) is 11.9. The van der Waals surface area contributed by atoms with Crippen molar-refractivity contribution < 1.29 is 22.9 Å². The van der Waals surface area contributed by atoms with E-state index >= 15 is 0 Å². The van der Waals surface area contributed by atoms with Crippen LogP contribution >= 0.6 is 15.9 Å². The fraction of sp³-hybridized carbons (Fsp3) is 0.200. The molecule has 2 amide bonds. The molecule has 0 saturated heterocycles. The molecule has 0 bridgehead atoms. The van der Waals surface area contributed by atoms with Crippen molar-refractivity contribution in [2.24, 2.45) is 0 Å². The number of amides is 2. The van der Waals surface area contributed by atoms with E-state index < -0.39 is 39.3 Å². The molecule has 0 aromatic heterocycles. The number of anilines is 1. The molecule has 3 aromatic carbocycles. The van der Waals surface area contributed by atoms with Crippen molar-refractivity contribution in [1.29, 1.82) is 0 Å². The average Bonchev–Trinajstić information content (AvgIpc) is 2.90. The van der Waals surface area contributed by atoms with Gasteiger partial charge in [0.25, 0.3) is 15.7 Å². The third-order valence-corrected chi connectivity index (χ3v) is 7.94. The Bertz CT molecular complexity index is 1380. The zero-order valence-corrected chi connectivity index (χ0v) is 22.5. The standard InChI is InChI=1S/C25H25BrN4O6S/c1-18(25(32)27-2)28(16-19-11-13-20(26)14-12-19)24(31)17-29(21-7-6-8-22(15-21)30(33)34)37(35,36)23-9-4-3-5-10-23/h3-15,18H,16-17H2,1-2H3,(H,27,32)/t18-/m1/s1. The van der Waals surface area contributed by atoms with Crippen LogP contribution in [-0.2, 0) is 26.2 Å². The summed E-state index contributed by atoms with van der Waals surface area (Å²) in [5.41, 5.74) is 0.339. The van der Waals surface area contributed by atoms with Crippen molar-refractivity contribution in [3.8, 4) is 0 Å². The van der Waals surface area contributed by atoms with Crippen molar-refractivity contribution in [2.75, 3.05) is 17.9 Å². The van der Waals surface area contributed by atoms with Crippen LogP contribution in [0, 0.1) is 10.1 Å². The number of nitro benzene ring substituents is 1. The maximum Gasteiger partial charge on any atom is 0.271 e. The third-order valence-electron chi connectivity index (χ3n) is 5.62. The van der Waals surface area contributed by atoms with Crippen molar-refractivity contribution in [1.82, 2.24) is 10.2 Å². The van der Waals surface area contributed by atoms with Gasteiger partial charge < -0.3 is 10.2 Å². The lowest BCUT2D eigenvalue weighted by atomic mass is 10.1. The number of rotatable bonds is 10. The summed E-state index contributed by atoms with van der Waals surface area (Å²) in [6.07, 6.45) is 0. The van der Waals surface area contributed by atoms with Crippen molar-refractivity contribution in [3.05, 3.63) is 99.0 Å². The fourth-order valence-electron chi connectivity index (χ4n) is 3.59. The summed E-state index contributed by atoms with van der Waals surface area (Å²) in [5, 5.41) is 13.9. The summed E-state index contributed by atoms with van der Waals surface area (Å²) in [5.74, 6) is -1.09. The average molecular weight is 589 g/mol. The Kier molecular flexibility index (Phi) is 9.00. The van der Waals surface area contributed by atoms with Gasteiger partial charge in [0, 0.05) is 30.2 Å². The molecule has 37 heavy (non-hydrogen) atoms. The minimum atomic E-state index is -4.30. The van der Waals surface area contributed by atoms with Crippen LogP contribution in [0.25, 0.3) is 0 Å². The number of halogens is 1. The number of nitro groups is 1. The van der Waals surface area contributed by atoms with Crippen molar-refractivity contribution in [2.45, 2.75) is 24.4 Å². The summed E-state index contributed by atoms with van der Waals surface area (Å²) in [4.78, 5) is 38.0. The first kappa shape index (κ1) is 27.8. The van der Waals surface area contributed by atoms with Gasteiger partial charge in [-0.2, -0.15) is 0 Å². The molecule has 10 nitrogen and oxygen atoms in total. The molecule has 3 rings (SSSR count). The molecule has 0 saturated carbocycles. The topological polar surface area (TPSA) is 130 Å². The minimum Gasteiger partial charge on any atom is -0.357 e. The molecule has 12 heteroatoms. The molecule has 0 aliphatic rings. The minimum absolute atomic E-state index is 0.0366. The number of likely N-dealkylation sites (N-methyl/N-ethyl adjacent to an activating group) is 1. The largest absolute Gasteiger partial charge is 0.357 e. The highest BCUT2D eigenvalue weighted by atomic mass is 79.9. The first-order valence-electron chi connectivity index (χ1n) is 11.1. The number of hydrogen-bond acceptors (Lipinski definition) is 6. The summed E-state index contributed by atoms with van der Waals surface area (Å²) in [7, 11) is -2.86. The van der Waals surface area contributed by atoms with Crippen LogP contribution in [0.5, 0.6) is 0 Å². The maximum atomic E-state index is 13.7. The van der Waals surface area contributed by atoms with E-state index in [1.165, 1.54) is 54.4 Å².